The molecule has 1 saturated heterocycles. The van der Waals surface area contributed by atoms with E-state index in [1.807, 2.05) is 61.3 Å². The van der Waals surface area contributed by atoms with Gasteiger partial charge < -0.3 is 4.90 Å². The number of amides is 1. The summed E-state index contributed by atoms with van der Waals surface area (Å²) >= 11 is 4.79. The van der Waals surface area contributed by atoms with Crippen LogP contribution in [0.15, 0.2) is 92.6 Å². The summed E-state index contributed by atoms with van der Waals surface area (Å²) in [5, 5.41) is 2.71. The number of thiazole rings is 1. The summed E-state index contributed by atoms with van der Waals surface area (Å²) in [4.78, 5) is 29.1. The molecule has 1 amide bonds. The fourth-order valence-electron chi connectivity index (χ4n) is 4.21. The molecule has 8 heteroatoms. The third kappa shape index (κ3) is 4.26. The van der Waals surface area contributed by atoms with Gasteiger partial charge in [-0.05, 0) is 61.0 Å². The normalized spacial score (nSPS) is 18.8. The first-order chi connectivity index (χ1) is 17.1. The second-order valence-corrected chi connectivity index (χ2v) is 11.6. The predicted molar refractivity (Wildman–Crippen MR) is 149 cm³/mol. The molecule has 0 N–H and O–H groups in total. The molecule has 0 bridgehead atoms. The molecule has 2 aliphatic heterocycles. The monoisotopic (exact) mass is 514 g/mol. The molecule has 5 nitrogen and oxygen atoms in total. The summed E-state index contributed by atoms with van der Waals surface area (Å²) in [6.45, 7) is 2.59. The van der Waals surface area contributed by atoms with Crippen molar-refractivity contribution in [2.45, 2.75) is 18.2 Å². The van der Waals surface area contributed by atoms with Gasteiger partial charge in [-0.3, -0.25) is 9.69 Å². The number of hydrogen-bond acceptors (Lipinski definition) is 7. The van der Waals surface area contributed by atoms with E-state index in [2.05, 4.69) is 40.2 Å². The van der Waals surface area contributed by atoms with E-state index in [-0.39, 0.29) is 5.91 Å². The first-order valence-electron chi connectivity index (χ1n) is 11.3. The van der Waals surface area contributed by atoms with E-state index in [9.17, 15) is 4.79 Å². The van der Waals surface area contributed by atoms with Gasteiger partial charge >= 0.3 is 0 Å². The van der Waals surface area contributed by atoms with Gasteiger partial charge in [-0.2, -0.15) is 0 Å². The third-order valence-electron chi connectivity index (χ3n) is 5.97. The van der Waals surface area contributed by atoms with E-state index in [0.717, 1.165) is 47.8 Å². The van der Waals surface area contributed by atoms with Crippen molar-refractivity contribution in [3.05, 3.63) is 93.3 Å². The minimum atomic E-state index is 0.0115. The number of para-hydroxylation sites is 1. The summed E-state index contributed by atoms with van der Waals surface area (Å²) in [6, 6.07) is 24.6. The van der Waals surface area contributed by atoms with Crippen LogP contribution in [0.1, 0.15) is 10.6 Å². The molecule has 174 valence electrons. The van der Waals surface area contributed by atoms with Gasteiger partial charge in [-0.15, -0.1) is 11.3 Å². The van der Waals surface area contributed by atoms with Crippen LogP contribution >= 0.6 is 34.9 Å². The second kappa shape index (κ2) is 9.18. The fourth-order valence-corrected chi connectivity index (χ4v) is 7.39. The Morgan fingerprint density at radius 1 is 0.971 bits per heavy atom. The van der Waals surface area contributed by atoms with Crippen molar-refractivity contribution in [1.82, 2.24) is 9.88 Å². The van der Waals surface area contributed by atoms with Crippen LogP contribution in [0.5, 0.6) is 0 Å². The molecule has 0 radical (unpaired) electrons. The number of aliphatic imine (C=N–C) groups is 1. The van der Waals surface area contributed by atoms with Crippen LogP contribution in [0.25, 0.3) is 10.2 Å². The van der Waals surface area contributed by atoms with Crippen LogP contribution in [0.4, 0.5) is 11.4 Å². The molecule has 0 atom stereocenters. The molecule has 0 spiro atoms. The number of carbonyl (C=O) groups is 1. The molecule has 0 aliphatic carbocycles. The Morgan fingerprint density at radius 3 is 2.60 bits per heavy atom. The zero-order valence-corrected chi connectivity index (χ0v) is 21.7. The van der Waals surface area contributed by atoms with Crippen molar-refractivity contribution >= 4 is 67.5 Å². The molecule has 3 aromatic carbocycles. The maximum atomic E-state index is 13.7. The highest BCUT2D eigenvalue weighted by atomic mass is 32.2. The minimum Gasteiger partial charge on any atom is -0.337 e. The minimum absolute atomic E-state index is 0.0115. The van der Waals surface area contributed by atoms with Gasteiger partial charge in [-0.25, -0.2) is 9.98 Å². The van der Waals surface area contributed by atoms with E-state index in [4.69, 9.17) is 4.99 Å². The molecule has 3 heterocycles. The number of fused-ring (bicyclic) bond motifs is 2. The van der Waals surface area contributed by atoms with Crippen LogP contribution in [0, 0.1) is 6.92 Å². The van der Waals surface area contributed by atoms with Crippen LogP contribution in [0.2, 0.25) is 0 Å². The highest BCUT2D eigenvalue weighted by Crippen LogP contribution is 2.50. The summed E-state index contributed by atoms with van der Waals surface area (Å²) < 4.78 is 1.15. The SMILES string of the molecule is Cc1nc2cc(N=C3S/C(=C4\Sc5ccccc5N4C)C(=O)N3CCc3ccccc3)ccc2s1. The Labute approximate surface area is 216 Å². The smallest absolute Gasteiger partial charge is 0.269 e. The Balaban J connectivity index is 1.37. The number of aryl methyl sites for hydroxylation is 1. The second-order valence-electron chi connectivity index (χ2n) is 8.34. The van der Waals surface area contributed by atoms with E-state index in [1.165, 1.54) is 17.3 Å². The first-order valence-corrected chi connectivity index (χ1v) is 13.8. The number of hydrogen-bond donors (Lipinski definition) is 0. The van der Waals surface area contributed by atoms with Crippen molar-refractivity contribution in [3.63, 3.8) is 0 Å². The molecule has 0 saturated carbocycles. The van der Waals surface area contributed by atoms with E-state index >= 15 is 0 Å². The van der Waals surface area contributed by atoms with Gasteiger partial charge in [0.1, 0.15) is 4.91 Å². The van der Waals surface area contributed by atoms with E-state index in [1.54, 1.807) is 23.1 Å². The lowest BCUT2D eigenvalue weighted by molar-refractivity contribution is -0.122. The highest BCUT2D eigenvalue weighted by molar-refractivity contribution is 8.19. The number of thioether (sulfide) groups is 2. The summed E-state index contributed by atoms with van der Waals surface area (Å²) in [5.41, 5.74) is 4.08. The predicted octanol–water partition coefficient (Wildman–Crippen LogP) is 6.82. The highest BCUT2D eigenvalue weighted by Gasteiger charge is 2.39. The molecule has 0 unspecified atom stereocenters. The summed E-state index contributed by atoms with van der Waals surface area (Å²) in [7, 11) is 2.02. The van der Waals surface area contributed by atoms with Crippen LogP contribution in [-0.2, 0) is 11.2 Å². The molecule has 4 aromatic rings. The quantitative estimate of drug-likeness (QED) is 0.280. The van der Waals surface area contributed by atoms with E-state index in [0.29, 0.717) is 11.7 Å². The number of rotatable bonds is 4. The number of anilines is 1. The number of benzene rings is 3. The lowest BCUT2D eigenvalue weighted by Gasteiger charge is -2.16. The lowest BCUT2D eigenvalue weighted by atomic mass is 10.1. The van der Waals surface area contributed by atoms with Gasteiger partial charge in [0.2, 0.25) is 0 Å². The maximum Gasteiger partial charge on any atom is 0.269 e. The standard InChI is InChI=1S/C27H22N4OS3/c1-17-28-20-16-19(12-13-22(20)33-17)29-27-31(15-14-18-8-4-3-5-9-18)25(32)24(35-27)26-30(2)21-10-6-7-11-23(21)34-26/h3-13,16H,14-15H2,1-2H3/b26-24-,29-27?. The van der Waals surface area contributed by atoms with Gasteiger partial charge in [-0.1, -0.05) is 54.2 Å². The average molecular weight is 515 g/mol. The van der Waals surface area contributed by atoms with Crippen molar-refractivity contribution in [2.24, 2.45) is 4.99 Å². The summed E-state index contributed by atoms with van der Waals surface area (Å²) in [6.07, 6.45) is 0.766. The van der Waals surface area contributed by atoms with Crippen LogP contribution in [0.3, 0.4) is 0 Å². The Morgan fingerprint density at radius 2 is 1.77 bits per heavy atom. The molecule has 1 fully saturated rings. The first kappa shape index (κ1) is 22.4. The number of carbonyl (C=O) groups excluding carboxylic acids is 1. The number of aromatic nitrogens is 1. The van der Waals surface area contributed by atoms with E-state index < -0.39 is 0 Å². The van der Waals surface area contributed by atoms with Crippen LogP contribution < -0.4 is 4.90 Å². The fraction of sp³-hybridized carbons (Fsp3) is 0.148. The lowest BCUT2D eigenvalue weighted by Crippen LogP contribution is -2.31. The molecular formula is C27H22N4OS3. The van der Waals surface area contributed by atoms with Crippen molar-refractivity contribution < 1.29 is 4.79 Å². The maximum absolute atomic E-state index is 13.7. The van der Waals surface area contributed by atoms with Gasteiger partial charge in [0.25, 0.3) is 5.91 Å². The zero-order chi connectivity index (χ0) is 23.9. The molecule has 2 aliphatic rings. The molecule has 35 heavy (non-hydrogen) atoms. The van der Waals surface area contributed by atoms with Crippen molar-refractivity contribution in [1.29, 1.82) is 0 Å². The zero-order valence-electron chi connectivity index (χ0n) is 19.3. The Hall–Kier alpha value is -3.07. The summed E-state index contributed by atoms with van der Waals surface area (Å²) in [5.74, 6) is 0.0115. The molecule has 1 aromatic heterocycles. The number of nitrogens with zero attached hydrogens (tertiary/aromatic N) is 4. The van der Waals surface area contributed by atoms with Crippen molar-refractivity contribution in [2.75, 3.05) is 18.5 Å². The largest absolute Gasteiger partial charge is 0.337 e. The Bertz CT molecular complexity index is 1510. The van der Waals surface area contributed by atoms with Gasteiger partial charge in [0.15, 0.2) is 5.17 Å². The topological polar surface area (TPSA) is 48.8 Å². The van der Waals surface area contributed by atoms with Crippen molar-refractivity contribution in [3.8, 4) is 0 Å². The Kier molecular flexibility index (Phi) is 5.88. The van der Waals surface area contributed by atoms with Gasteiger partial charge in [0, 0.05) is 18.5 Å². The molecule has 6 rings (SSSR count). The third-order valence-corrected chi connectivity index (χ3v) is 9.35. The number of amidine groups is 1. The van der Waals surface area contributed by atoms with Gasteiger partial charge in [0.05, 0.1) is 31.6 Å². The average Bonchev–Trinajstić information content (AvgIpc) is 3.50. The van der Waals surface area contributed by atoms with Crippen LogP contribution in [-0.4, -0.2) is 34.6 Å². The molecular weight excluding hydrogens is 493 g/mol.